The highest BCUT2D eigenvalue weighted by molar-refractivity contribution is 8.34. The van der Waals surface area contributed by atoms with Crippen molar-refractivity contribution in [1.29, 1.82) is 0 Å². The fourth-order valence-corrected chi connectivity index (χ4v) is 6.14. The summed E-state index contributed by atoms with van der Waals surface area (Å²) >= 11 is 0. The molecule has 0 aromatic heterocycles. The van der Waals surface area contributed by atoms with Gasteiger partial charge in [-0.3, -0.25) is 0 Å². The summed E-state index contributed by atoms with van der Waals surface area (Å²) in [5, 5.41) is 0. The highest BCUT2D eigenvalue weighted by Crippen LogP contribution is 2.69. The van der Waals surface area contributed by atoms with Gasteiger partial charge in [0.05, 0.1) is 0 Å². The summed E-state index contributed by atoms with van der Waals surface area (Å²) < 4.78 is 0.630. The second kappa shape index (κ2) is 4.77. The van der Waals surface area contributed by atoms with Crippen LogP contribution in [0.2, 0.25) is 0 Å². The predicted octanol–water partition coefficient (Wildman–Crippen LogP) is 4.25. The van der Waals surface area contributed by atoms with Gasteiger partial charge in [-0.2, -0.15) is 0 Å². The summed E-state index contributed by atoms with van der Waals surface area (Å²) in [6.07, 6.45) is 4.98. The molecule has 0 aliphatic rings. The van der Waals surface area contributed by atoms with Gasteiger partial charge in [-0.05, 0) is 35.1 Å². The Hall–Kier alpha value is 0.310. The predicted molar refractivity (Wildman–Crippen MR) is 85.3 cm³/mol. The molecule has 17 heavy (non-hydrogen) atoms. The molecule has 0 atom stereocenters. The van der Waals surface area contributed by atoms with Crippen molar-refractivity contribution in [2.75, 3.05) is 19.1 Å². The lowest BCUT2D eigenvalue weighted by Crippen LogP contribution is -2.53. The first-order valence-electron chi connectivity index (χ1n) is 6.68. The first-order chi connectivity index (χ1) is 7.25. The Bertz CT molecular complexity index is 262. The van der Waals surface area contributed by atoms with Crippen molar-refractivity contribution in [3.8, 4) is 0 Å². The van der Waals surface area contributed by atoms with Crippen LogP contribution in [0.3, 0.4) is 0 Å². The van der Waals surface area contributed by atoms with Gasteiger partial charge >= 0.3 is 0 Å². The second-order valence-electron chi connectivity index (χ2n) is 7.68. The average Bonchev–Trinajstić information content (AvgIpc) is 2.16. The molecular formula is C15H35NS. The van der Waals surface area contributed by atoms with E-state index in [0.717, 1.165) is 6.54 Å². The molecule has 0 aliphatic carbocycles. The normalized spacial score (nSPS) is 16.5. The van der Waals surface area contributed by atoms with Crippen molar-refractivity contribution in [3.63, 3.8) is 0 Å². The minimum Gasteiger partial charge on any atom is -0.330 e. The summed E-state index contributed by atoms with van der Waals surface area (Å²) in [6, 6.07) is 0. The van der Waals surface area contributed by atoms with Crippen LogP contribution in [0, 0.1) is 11.3 Å². The van der Waals surface area contributed by atoms with Crippen LogP contribution >= 0.6 is 10.0 Å². The zero-order valence-electron chi connectivity index (χ0n) is 13.8. The second-order valence-corrected chi connectivity index (χ2v) is 12.4. The maximum atomic E-state index is 6.02. The average molecular weight is 262 g/mol. The molecule has 0 amide bonds. The minimum absolute atomic E-state index is 0.179. The fourth-order valence-electron chi connectivity index (χ4n) is 2.18. The summed E-state index contributed by atoms with van der Waals surface area (Å²) in [6.45, 7) is 19.8. The first-order valence-corrected chi connectivity index (χ1v) is 9.13. The van der Waals surface area contributed by atoms with Crippen molar-refractivity contribution >= 4 is 10.0 Å². The maximum Gasteiger partial charge on any atom is 0.000884 e. The summed E-state index contributed by atoms with van der Waals surface area (Å²) in [4.78, 5) is 0. The van der Waals surface area contributed by atoms with Crippen LogP contribution in [0.15, 0.2) is 0 Å². The third-order valence-electron chi connectivity index (χ3n) is 6.12. The van der Waals surface area contributed by atoms with Gasteiger partial charge in [-0.25, -0.2) is 10.0 Å². The van der Waals surface area contributed by atoms with Gasteiger partial charge in [0.15, 0.2) is 0 Å². The van der Waals surface area contributed by atoms with Gasteiger partial charge in [-0.15, -0.1) is 0 Å². The van der Waals surface area contributed by atoms with Crippen LogP contribution in [-0.2, 0) is 0 Å². The highest BCUT2D eigenvalue weighted by atomic mass is 32.3. The molecule has 0 saturated heterocycles. The molecule has 0 unspecified atom stereocenters. The third-order valence-corrected chi connectivity index (χ3v) is 12.3. The molecule has 0 aliphatic heterocycles. The van der Waals surface area contributed by atoms with E-state index >= 15 is 0 Å². The largest absolute Gasteiger partial charge is 0.330 e. The standard InChI is InChI=1S/C15H35NS/c1-12(2)14(5,6)17(9,10)15(7,8)13(3,4)11-16/h12H,11,16H2,1-10H3. The summed E-state index contributed by atoms with van der Waals surface area (Å²) in [7, 11) is -0.787. The lowest BCUT2D eigenvalue weighted by atomic mass is 9.80. The number of rotatable bonds is 5. The van der Waals surface area contributed by atoms with Crippen LogP contribution in [0.25, 0.3) is 0 Å². The van der Waals surface area contributed by atoms with E-state index in [-0.39, 0.29) is 10.2 Å². The molecule has 0 spiro atoms. The number of hydrogen-bond donors (Lipinski definition) is 1. The maximum absolute atomic E-state index is 6.02. The van der Waals surface area contributed by atoms with Crippen LogP contribution < -0.4 is 5.73 Å². The lowest BCUT2D eigenvalue weighted by molar-refractivity contribution is 0.285. The fraction of sp³-hybridized carbons (Fsp3) is 1.00. The van der Waals surface area contributed by atoms with Crippen LogP contribution in [0.1, 0.15) is 55.4 Å². The van der Waals surface area contributed by atoms with E-state index in [1.807, 2.05) is 0 Å². The quantitative estimate of drug-likeness (QED) is 0.786. The van der Waals surface area contributed by atoms with Gasteiger partial charge in [0, 0.05) is 4.75 Å². The Balaban J connectivity index is 5.61. The number of hydrogen-bond acceptors (Lipinski definition) is 1. The molecular weight excluding hydrogens is 226 g/mol. The summed E-state index contributed by atoms with van der Waals surface area (Å²) in [5.74, 6) is 0.695. The van der Waals surface area contributed by atoms with Crippen molar-refractivity contribution in [1.82, 2.24) is 0 Å². The molecule has 1 nitrogen and oxygen atoms in total. The molecule has 106 valence electrons. The van der Waals surface area contributed by atoms with E-state index in [9.17, 15) is 0 Å². The van der Waals surface area contributed by atoms with Crippen molar-refractivity contribution in [2.24, 2.45) is 17.1 Å². The Morgan fingerprint density at radius 3 is 1.53 bits per heavy atom. The lowest BCUT2D eigenvalue weighted by Gasteiger charge is -2.64. The highest BCUT2D eigenvalue weighted by Gasteiger charge is 2.51. The third kappa shape index (κ3) is 2.53. The van der Waals surface area contributed by atoms with Crippen LogP contribution in [0.4, 0.5) is 0 Å². The Kier molecular flexibility index (Phi) is 4.86. The summed E-state index contributed by atoms with van der Waals surface area (Å²) in [5.41, 5.74) is 6.20. The minimum atomic E-state index is -0.787. The number of nitrogens with two attached hydrogens (primary N) is 1. The first kappa shape index (κ1) is 17.3. The molecule has 0 bridgehead atoms. The van der Waals surface area contributed by atoms with E-state index in [2.05, 4.69) is 67.9 Å². The smallest absolute Gasteiger partial charge is 0.000884 e. The molecule has 0 aromatic carbocycles. The van der Waals surface area contributed by atoms with E-state index < -0.39 is 10.0 Å². The van der Waals surface area contributed by atoms with E-state index in [1.54, 1.807) is 0 Å². The molecule has 0 heterocycles. The van der Waals surface area contributed by atoms with Gasteiger partial charge in [0.2, 0.25) is 0 Å². The topological polar surface area (TPSA) is 26.0 Å². The molecule has 0 radical (unpaired) electrons. The van der Waals surface area contributed by atoms with Crippen molar-refractivity contribution < 1.29 is 0 Å². The van der Waals surface area contributed by atoms with Crippen molar-refractivity contribution in [3.05, 3.63) is 0 Å². The van der Waals surface area contributed by atoms with Gasteiger partial charge < -0.3 is 5.73 Å². The zero-order chi connectivity index (χ0) is 14.3. The van der Waals surface area contributed by atoms with Crippen molar-refractivity contribution in [2.45, 2.75) is 64.9 Å². The molecule has 2 N–H and O–H groups in total. The Labute approximate surface area is 111 Å². The van der Waals surface area contributed by atoms with Crippen LogP contribution in [-0.4, -0.2) is 28.6 Å². The van der Waals surface area contributed by atoms with E-state index in [4.69, 9.17) is 5.73 Å². The molecule has 0 aromatic rings. The monoisotopic (exact) mass is 261 g/mol. The van der Waals surface area contributed by atoms with Gasteiger partial charge in [0.1, 0.15) is 0 Å². The van der Waals surface area contributed by atoms with Gasteiger partial charge in [0.25, 0.3) is 0 Å². The van der Waals surface area contributed by atoms with E-state index in [0.29, 0.717) is 10.7 Å². The molecule has 0 rings (SSSR count). The van der Waals surface area contributed by atoms with Gasteiger partial charge in [-0.1, -0.05) is 55.4 Å². The Morgan fingerprint density at radius 2 is 1.29 bits per heavy atom. The molecule has 2 heteroatoms. The zero-order valence-corrected chi connectivity index (χ0v) is 14.6. The molecule has 0 saturated carbocycles. The Morgan fingerprint density at radius 1 is 0.941 bits per heavy atom. The molecule has 0 fully saturated rings. The SMILES string of the molecule is CC(C)C(C)(C)S(C)(C)C(C)(C)C(C)(C)CN. The van der Waals surface area contributed by atoms with Crippen LogP contribution in [0.5, 0.6) is 0 Å². The van der Waals surface area contributed by atoms with E-state index in [1.165, 1.54) is 0 Å².